The minimum Gasteiger partial charge on any atom is -0.456 e. The van der Waals surface area contributed by atoms with E-state index in [1.54, 1.807) is 24.3 Å². The number of carbonyl (C=O) groups is 3. The van der Waals surface area contributed by atoms with Crippen molar-refractivity contribution in [1.29, 1.82) is 0 Å². The highest BCUT2D eigenvalue weighted by Gasteiger charge is 2.31. The molecule has 0 saturated carbocycles. The summed E-state index contributed by atoms with van der Waals surface area (Å²) in [4.78, 5) is 35.3. The number of amides is 2. The van der Waals surface area contributed by atoms with E-state index in [0.29, 0.717) is 11.8 Å². The molecule has 0 saturated heterocycles. The van der Waals surface area contributed by atoms with E-state index in [-0.39, 0.29) is 23.6 Å². The van der Waals surface area contributed by atoms with E-state index >= 15 is 0 Å². The van der Waals surface area contributed by atoms with Crippen LogP contribution in [0.5, 0.6) is 0 Å². The highest BCUT2D eigenvalue weighted by molar-refractivity contribution is 9.10. The largest absolute Gasteiger partial charge is 0.456 e. The zero-order valence-corrected chi connectivity index (χ0v) is 17.5. The number of hydrogen-bond acceptors (Lipinski definition) is 4. The van der Waals surface area contributed by atoms with Gasteiger partial charge in [0.2, 0.25) is 5.91 Å². The molecular weight excluding hydrogens is 493 g/mol. The summed E-state index contributed by atoms with van der Waals surface area (Å²) in [5, 5.41) is 4.64. The van der Waals surface area contributed by atoms with Crippen molar-refractivity contribution >= 4 is 56.7 Å². The van der Waals surface area contributed by atoms with Gasteiger partial charge in [-0.15, -0.1) is 0 Å². The lowest BCUT2D eigenvalue weighted by atomic mass is 10.2. The van der Waals surface area contributed by atoms with E-state index in [9.17, 15) is 27.6 Å². The monoisotopic (exact) mass is 506 g/mol. The van der Waals surface area contributed by atoms with E-state index in [1.165, 1.54) is 0 Å². The van der Waals surface area contributed by atoms with Crippen molar-refractivity contribution < 1.29 is 32.3 Å². The Kier molecular flexibility index (Phi) is 8.24. The molecule has 0 spiro atoms. The van der Waals surface area contributed by atoms with Crippen LogP contribution in [0, 0.1) is 0 Å². The summed E-state index contributed by atoms with van der Waals surface area (Å²) < 4.78 is 43.8. The molecule has 2 amide bonds. The summed E-state index contributed by atoms with van der Waals surface area (Å²) in [6, 6.07) is 9.26. The number of rotatable bonds is 7. The second kappa shape index (κ2) is 10.4. The molecule has 160 valence electrons. The van der Waals surface area contributed by atoms with E-state index in [2.05, 4.69) is 26.6 Å². The molecule has 30 heavy (non-hydrogen) atoms. The molecule has 0 heterocycles. The van der Waals surface area contributed by atoms with Crippen molar-refractivity contribution in [1.82, 2.24) is 0 Å². The highest BCUT2D eigenvalue weighted by atomic mass is 79.9. The lowest BCUT2D eigenvalue weighted by Crippen LogP contribution is -2.22. The van der Waals surface area contributed by atoms with E-state index in [4.69, 9.17) is 16.3 Å². The third kappa shape index (κ3) is 7.68. The molecule has 0 aliphatic carbocycles. The maximum absolute atomic E-state index is 12.7. The van der Waals surface area contributed by atoms with Gasteiger partial charge in [-0.3, -0.25) is 14.4 Å². The normalized spacial score (nSPS) is 11.0. The summed E-state index contributed by atoms with van der Waals surface area (Å²) in [5.74, 6) is -2.11. The van der Waals surface area contributed by atoms with Gasteiger partial charge in [-0.25, -0.2) is 0 Å². The maximum Gasteiger partial charge on any atom is 0.416 e. The number of carbonyl (C=O) groups excluding carboxylic acids is 3. The number of halogens is 5. The standard InChI is InChI=1S/C19H15BrClF3N2O4/c20-12-2-4-13(5-3-12)25-16(27)7-8-18(29)30-10-17(28)26-15-9-11(19(22,23)24)1-6-14(15)21/h1-6,9H,7-8,10H2,(H,25,27)(H,26,28). The number of ether oxygens (including phenoxy) is 1. The van der Waals surface area contributed by atoms with Crippen molar-refractivity contribution in [3.63, 3.8) is 0 Å². The Morgan fingerprint density at radius 2 is 1.63 bits per heavy atom. The molecule has 2 N–H and O–H groups in total. The molecule has 6 nitrogen and oxygen atoms in total. The first-order valence-corrected chi connectivity index (χ1v) is 9.59. The number of anilines is 2. The fourth-order valence-corrected chi connectivity index (χ4v) is 2.60. The minimum absolute atomic E-state index is 0.104. The molecule has 0 bridgehead atoms. The minimum atomic E-state index is -4.60. The molecule has 0 aliphatic rings. The van der Waals surface area contributed by atoms with Gasteiger partial charge in [0.15, 0.2) is 6.61 Å². The van der Waals surface area contributed by atoms with Gasteiger partial charge < -0.3 is 15.4 Å². The second-order valence-electron chi connectivity index (χ2n) is 5.96. The Bertz CT molecular complexity index is 936. The molecule has 2 aromatic carbocycles. The molecule has 0 fully saturated rings. The lowest BCUT2D eigenvalue weighted by Gasteiger charge is -2.12. The Balaban J connectivity index is 1.77. The van der Waals surface area contributed by atoms with Crippen LogP contribution in [-0.4, -0.2) is 24.4 Å². The molecule has 0 atom stereocenters. The van der Waals surface area contributed by atoms with Crippen LogP contribution < -0.4 is 10.6 Å². The van der Waals surface area contributed by atoms with Crippen LogP contribution in [0.3, 0.4) is 0 Å². The van der Waals surface area contributed by atoms with Gasteiger partial charge in [-0.1, -0.05) is 27.5 Å². The molecule has 11 heteroatoms. The lowest BCUT2D eigenvalue weighted by molar-refractivity contribution is -0.147. The van der Waals surface area contributed by atoms with Gasteiger partial charge in [-0.2, -0.15) is 13.2 Å². The SMILES string of the molecule is O=C(CCC(=O)OCC(=O)Nc1cc(C(F)(F)F)ccc1Cl)Nc1ccc(Br)cc1. The van der Waals surface area contributed by atoms with Gasteiger partial charge in [0, 0.05) is 16.6 Å². The van der Waals surface area contributed by atoms with Crippen molar-refractivity contribution in [3.8, 4) is 0 Å². The molecule has 2 aromatic rings. The third-order valence-corrected chi connectivity index (χ3v) is 4.47. The summed E-state index contributed by atoms with van der Waals surface area (Å²) in [6.07, 6.45) is -5.05. The summed E-state index contributed by atoms with van der Waals surface area (Å²) in [7, 11) is 0. The van der Waals surface area contributed by atoms with Crippen molar-refractivity contribution in [3.05, 3.63) is 57.5 Å². The Morgan fingerprint density at radius 3 is 2.27 bits per heavy atom. The number of alkyl halides is 3. The van der Waals surface area contributed by atoms with E-state index < -0.39 is 36.1 Å². The van der Waals surface area contributed by atoms with Crippen LogP contribution in [0.25, 0.3) is 0 Å². The predicted octanol–water partition coefficient (Wildman–Crippen LogP) is 5.02. The Labute approximate surface area is 182 Å². The van der Waals surface area contributed by atoms with Crippen LogP contribution in [0.2, 0.25) is 5.02 Å². The Morgan fingerprint density at radius 1 is 0.967 bits per heavy atom. The number of benzene rings is 2. The molecular formula is C19H15BrClF3N2O4. The number of nitrogens with one attached hydrogen (secondary N) is 2. The summed E-state index contributed by atoms with van der Waals surface area (Å²) in [5.41, 5.74) is -0.702. The van der Waals surface area contributed by atoms with E-state index in [1.807, 2.05) is 0 Å². The predicted molar refractivity (Wildman–Crippen MR) is 108 cm³/mol. The van der Waals surface area contributed by atoms with Crippen molar-refractivity contribution in [2.24, 2.45) is 0 Å². The Hall–Kier alpha value is -2.59. The quantitative estimate of drug-likeness (QED) is 0.515. The fraction of sp³-hybridized carbons (Fsp3) is 0.211. The average molecular weight is 508 g/mol. The van der Waals surface area contributed by atoms with Gasteiger partial charge in [0.1, 0.15) is 0 Å². The van der Waals surface area contributed by atoms with Gasteiger partial charge in [-0.05, 0) is 42.5 Å². The molecule has 0 aromatic heterocycles. The first kappa shape index (κ1) is 23.7. The van der Waals surface area contributed by atoms with Crippen molar-refractivity contribution in [2.45, 2.75) is 19.0 Å². The molecule has 0 unspecified atom stereocenters. The second-order valence-corrected chi connectivity index (χ2v) is 7.28. The van der Waals surface area contributed by atoms with Crippen LogP contribution >= 0.6 is 27.5 Å². The highest BCUT2D eigenvalue weighted by Crippen LogP contribution is 2.33. The average Bonchev–Trinajstić information content (AvgIpc) is 2.67. The zero-order valence-electron chi connectivity index (χ0n) is 15.2. The molecule has 0 aliphatic heterocycles. The van der Waals surface area contributed by atoms with Crippen molar-refractivity contribution in [2.75, 3.05) is 17.2 Å². The number of esters is 1. The summed E-state index contributed by atoms with van der Waals surface area (Å²) in [6.45, 7) is -0.736. The van der Waals surface area contributed by atoms with Crippen LogP contribution in [-0.2, 0) is 25.3 Å². The smallest absolute Gasteiger partial charge is 0.416 e. The first-order chi connectivity index (χ1) is 14.0. The van der Waals surface area contributed by atoms with Gasteiger partial charge >= 0.3 is 12.1 Å². The van der Waals surface area contributed by atoms with Crippen LogP contribution in [0.1, 0.15) is 18.4 Å². The molecule has 2 rings (SSSR count). The topological polar surface area (TPSA) is 84.5 Å². The zero-order chi connectivity index (χ0) is 22.3. The fourth-order valence-electron chi connectivity index (χ4n) is 2.17. The maximum atomic E-state index is 12.7. The van der Waals surface area contributed by atoms with Crippen LogP contribution in [0.4, 0.5) is 24.5 Å². The molecule has 0 radical (unpaired) electrons. The van der Waals surface area contributed by atoms with E-state index in [0.717, 1.165) is 16.6 Å². The van der Waals surface area contributed by atoms with Gasteiger partial charge in [0.25, 0.3) is 5.91 Å². The van der Waals surface area contributed by atoms with Crippen LogP contribution in [0.15, 0.2) is 46.9 Å². The van der Waals surface area contributed by atoms with Gasteiger partial charge in [0.05, 0.1) is 22.7 Å². The third-order valence-electron chi connectivity index (χ3n) is 3.62. The summed E-state index contributed by atoms with van der Waals surface area (Å²) >= 11 is 9.04. The first-order valence-electron chi connectivity index (χ1n) is 8.42. The number of hydrogen-bond donors (Lipinski definition) is 2.